The molecule has 0 N–H and O–H groups in total. The second-order valence-electron chi connectivity index (χ2n) is 4.27. The number of hydrogen-bond acceptors (Lipinski definition) is 5. The third-order valence-corrected chi connectivity index (χ3v) is 6.19. The first-order valence-electron chi connectivity index (χ1n) is 5.74. The zero-order valence-electron chi connectivity index (χ0n) is 10.7. The van der Waals surface area contributed by atoms with Crippen LogP contribution in [0.4, 0.5) is 8.78 Å². The van der Waals surface area contributed by atoms with Crippen LogP contribution in [0.25, 0.3) is 16.3 Å². The van der Waals surface area contributed by atoms with Gasteiger partial charge in [0.1, 0.15) is 8.60 Å². The van der Waals surface area contributed by atoms with Crippen LogP contribution in [0.15, 0.2) is 23.4 Å². The van der Waals surface area contributed by atoms with Gasteiger partial charge in [0, 0.05) is 23.1 Å². The van der Waals surface area contributed by atoms with Gasteiger partial charge >= 0.3 is 0 Å². The summed E-state index contributed by atoms with van der Waals surface area (Å²) in [6.07, 6.45) is -0.353. The van der Waals surface area contributed by atoms with Crippen LogP contribution in [0, 0.1) is 3.70 Å². The van der Waals surface area contributed by atoms with E-state index in [1.807, 2.05) is 22.6 Å². The molecule has 0 saturated carbocycles. The summed E-state index contributed by atoms with van der Waals surface area (Å²) in [4.78, 5) is 7.73. The average molecular weight is 510 g/mol. The number of fused-ring (bicyclic) bond motifs is 1. The van der Waals surface area contributed by atoms with Gasteiger partial charge in [0.25, 0.3) is 15.5 Å². The van der Waals surface area contributed by atoms with Gasteiger partial charge in [-0.1, -0.05) is 11.6 Å². The van der Waals surface area contributed by atoms with Gasteiger partial charge in [0.15, 0.2) is 10.8 Å². The molecule has 3 aromatic heterocycles. The van der Waals surface area contributed by atoms with Gasteiger partial charge < -0.3 is 0 Å². The Kier molecular flexibility index (Phi) is 4.55. The molecule has 0 bridgehead atoms. The molecular weight excluding hydrogens is 506 g/mol. The van der Waals surface area contributed by atoms with Gasteiger partial charge in [0.05, 0.1) is 15.4 Å². The summed E-state index contributed by atoms with van der Waals surface area (Å²) in [6.45, 7) is 0. The van der Waals surface area contributed by atoms with Crippen molar-refractivity contribution in [2.75, 3.05) is 0 Å². The van der Waals surface area contributed by atoms with Crippen molar-refractivity contribution in [3.8, 4) is 10.8 Å². The summed E-state index contributed by atoms with van der Waals surface area (Å²) in [7, 11) is 1.33. The zero-order valence-corrected chi connectivity index (χ0v) is 16.0. The number of aromatic nitrogens is 3. The van der Waals surface area contributed by atoms with Crippen LogP contribution in [0.3, 0.4) is 0 Å². The van der Waals surface area contributed by atoms with E-state index in [2.05, 4.69) is 9.97 Å². The van der Waals surface area contributed by atoms with E-state index < -0.39 is 15.5 Å². The number of alkyl halides is 2. The van der Waals surface area contributed by atoms with Gasteiger partial charge in [-0.3, -0.25) is 4.40 Å². The summed E-state index contributed by atoms with van der Waals surface area (Å²) < 4.78 is 50.4. The van der Waals surface area contributed by atoms with Gasteiger partial charge in [-0.15, -0.1) is 11.3 Å². The molecule has 12 heteroatoms. The molecule has 5 nitrogen and oxygen atoms in total. The van der Waals surface area contributed by atoms with Crippen molar-refractivity contribution in [1.29, 1.82) is 0 Å². The van der Waals surface area contributed by atoms with E-state index in [0.29, 0.717) is 9.22 Å². The molecule has 0 aliphatic rings. The maximum absolute atomic E-state index is 12.7. The maximum Gasteiger partial charge on any atom is 0.274 e. The number of nitrogens with zero attached hydrogens (tertiary/aromatic N) is 3. The lowest BCUT2D eigenvalue weighted by molar-refractivity contribution is 0.155. The molecule has 0 spiro atoms. The molecule has 23 heavy (non-hydrogen) atoms. The lowest BCUT2D eigenvalue weighted by Gasteiger charge is -2.03. The van der Waals surface area contributed by atoms with Crippen molar-refractivity contribution in [2.45, 2.75) is 11.3 Å². The van der Waals surface area contributed by atoms with Crippen molar-refractivity contribution in [3.63, 3.8) is 0 Å². The molecule has 0 radical (unpaired) electrons. The van der Waals surface area contributed by atoms with E-state index in [9.17, 15) is 17.2 Å². The van der Waals surface area contributed by atoms with Gasteiger partial charge in [-0.25, -0.2) is 27.2 Å². The molecule has 0 aromatic carbocycles. The Hall–Kier alpha value is -0.560. The average Bonchev–Trinajstić information content (AvgIpc) is 3.02. The third kappa shape index (κ3) is 3.18. The van der Waals surface area contributed by atoms with E-state index in [4.69, 9.17) is 22.3 Å². The summed E-state index contributed by atoms with van der Waals surface area (Å²) in [5.41, 5.74) is 0.445. The van der Waals surface area contributed by atoms with Gasteiger partial charge in [-0.05, 0) is 28.7 Å². The lowest BCUT2D eigenvalue weighted by atomic mass is 10.4. The Balaban J connectivity index is 2.30. The Morgan fingerprint density at radius 3 is 2.65 bits per heavy atom. The van der Waals surface area contributed by atoms with Crippen molar-refractivity contribution < 1.29 is 17.2 Å². The third-order valence-electron chi connectivity index (χ3n) is 2.83. The van der Waals surface area contributed by atoms with Crippen LogP contribution in [0.2, 0.25) is 5.02 Å². The van der Waals surface area contributed by atoms with Crippen LogP contribution in [-0.2, 0) is 9.05 Å². The molecule has 3 heterocycles. The van der Waals surface area contributed by atoms with Crippen LogP contribution < -0.4 is 0 Å². The Morgan fingerprint density at radius 1 is 1.39 bits per heavy atom. The Bertz CT molecular complexity index is 1020. The fourth-order valence-electron chi connectivity index (χ4n) is 1.88. The molecule has 122 valence electrons. The van der Waals surface area contributed by atoms with Crippen molar-refractivity contribution >= 4 is 70.8 Å². The summed E-state index contributed by atoms with van der Waals surface area (Å²) >= 11 is 8.79. The van der Waals surface area contributed by atoms with Crippen molar-refractivity contribution in [1.82, 2.24) is 14.4 Å². The summed E-state index contributed by atoms with van der Waals surface area (Å²) in [5, 5.41) is 0.346. The normalized spacial score (nSPS) is 12.4. The van der Waals surface area contributed by atoms with Crippen molar-refractivity contribution in [3.05, 3.63) is 32.1 Å². The van der Waals surface area contributed by atoms with Gasteiger partial charge in [0.2, 0.25) is 0 Å². The first-order valence-corrected chi connectivity index (χ1v) is 10.3. The second kappa shape index (κ2) is 6.06. The minimum absolute atomic E-state index is 0.125. The van der Waals surface area contributed by atoms with E-state index >= 15 is 0 Å². The van der Waals surface area contributed by atoms with E-state index in [0.717, 1.165) is 17.5 Å². The van der Waals surface area contributed by atoms with Crippen LogP contribution in [0.1, 0.15) is 11.3 Å². The largest absolute Gasteiger partial charge is 0.294 e. The fourth-order valence-corrected chi connectivity index (χ4v) is 4.68. The number of thiazole rings is 1. The summed E-state index contributed by atoms with van der Waals surface area (Å²) in [6, 6.07) is 1.21. The maximum atomic E-state index is 12.7. The number of pyridine rings is 1. The molecule has 0 aliphatic carbocycles. The minimum Gasteiger partial charge on any atom is -0.294 e. The highest BCUT2D eigenvalue weighted by molar-refractivity contribution is 14.1. The predicted molar refractivity (Wildman–Crippen MR) is 92.0 cm³/mol. The van der Waals surface area contributed by atoms with Crippen LogP contribution >= 0.6 is 56.2 Å². The first kappa shape index (κ1) is 17.3. The van der Waals surface area contributed by atoms with Gasteiger partial charge in [-0.2, -0.15) is 0 Å². The number of hydrogen-bond donors (Lipinski definition) is 0. The molecule has 0 saturated heterocycles. The highest BCUT2D eigenvalue weighted by Gasteiger charge is 2.22. The fraction of sp³-hybridized carbons (Fsp3) is 0.0909. The van der Waals surface area contributed by atoms with E-state index in [1.165, 1.54) is 16.7 Å². The quantitative estimate of drug-likeness (QED) is 0.383. The number of halogens is 5. The topological polar surface area (TPSA) is 64.3 Å². The SMILES string of the molecule is O=S(=O)(Cl)c1cc(Cl)c2c(I)nc(-c3ncc(C(F)F)s3)n2c1. The second-order valence-corrected chi connectivity index (χ2v) is 9.33. The molecule has 3 aromatic rings. The molecule has 0 fully saturated rings. The molecule has 3 rings (SSSR count). The van der Waals surface area contributed by atoms with Crippen LogP contribution in [0.5, 0.6) is 0 Å². The Morgan fingerprint density at radius 2 is 2.09 bits per heavy atom. The highest BCUT2D eigenvalue weighted by Crippen LogP contribution is 2.35. The molecule has 0 aliphatic heterocycles. The molecule has 0 atom stereocenters. The monoisotopic (exact) mass is 509 g/mol. The molecular formula is C11H4Cl2F2IN3O2S2. The Labute approximate surface area is 155 Å². The molecule has 0 amide bonds. The smallest absolute Gasteiger partial charge is 0.274 e. The number of imidazole rings is 1. The predicted octanol–water partition coefficient (Wildman–Crippen LogP) is 4.58. The highest BCUT2D eigenvalue weighted by atomic mass is 127. The standard InChI is InChI=1S/C11H4Cl2F2IN3O2S2/c12-5-1-4(23(13,20)21)3-19-7(5)9(16)18-10(19)11-17-2-6(22-11)8(14)15/h1-3,8H. The van der Waals surface area contributed by atoms with Crippen LogP contribution in [-0.4, -0.2) is 22.8 Å². The van der Waals surface area contributed by atoms with E-state index in [1.54, 1.807) is 0 Å². The van der Waals surface area contributed by atoms with Crippen molar-refractivity contribution in [2.24, 2.45) is 0 Å². The zero-order chi connectivity index (χ0) is 16.9. The number of rotatable bonds is 3. The summed E-state index contributed by atoms with van der Waals surface area (Å²) in [5.74, 6) is 0.213. The molecule has 0 unspecified atom stereocenters. The van der Waals surface area contributed by atoms with E-state index in [-0.39, 0.29) is 25.6 Å². The minimum atomic E-state index is -4.01. The lowest BCUT2D eigenvalue weighted by Crippen LogP contribution is -1.97. The first-order chi connectivity index (χ1) is 10.7.